The van der Waals surface area contributed by atoms with E-state index in [-0.39, 0.29) is 17.4 Å². The van der Waals surface area contributed by atoms with E-state index in [2.05, 4.69) is 31.9 Å². The molecule has 0 unspecified atom stereocenters. The maximum Gasteiger partial charge on any atom is 0.272 e. The van der Waals surface area contributed by atoms with Gasteiger partial charge in [-0.2, -0.15) is 0 Å². The highest BCUT2D eigenvalue weighted by molar-refractivity contribution is 7.17. The van der Waals surface area contributed by atoms with Crippen LogP contribution in [0.2, 0.25) is 0 Å². The van der Waals surface area contributed by atoms with Crippen LogP contribution in [0.15, 0.2) is 33.8 Å². The van der Waals surface area contributed by atoms with E-state index in [0.29, 0.717) is 23.6 Å². The Bertz CT molecular complexity index is 1260. The number of nitrogens with zero attached hydrogens (tertiary/aromatic N) is 5. The molecule has 1 N–H and O–H groups in total. The monoisotopic (exact) mass is 456 g/mol. The van der Waals surface area contributed by atoms with E-state index in [1.807, 2.05) is 21.9 Å². The van der Waals surface area contributed by atoms with Crippen molar-refractivity contribution < 1.29 is 4.79 Å². The number of likely N-dealkylation sites (tertiary alicyclic amines) is 1. The molecule has 0 saturated carbocycles. The highest BCUT2D eigenvalue weighted by Gasteiger charge is 2.26. The molecule has 5 heterocycles. The van der Waals surface area contributed by atoms with Crippen molar-refractivity contribution >= 4 is 44.6 Å². The topological polar surface area (TPSA) is 84.5 Å². The second-order valence-corrected chi connectivity index (χ2v) is 9.87. The summed E-state index contributed by atoms with van der Waals surface area (Å²) in [5.41, 5.74) is 0.824. The molecule has 1 fully saturated rings. The van der Waals surface area contributed by atoms with Crippen LogP contribution in [0.25, 0.3) is 16.0 Å². The van der Waals surface area contributed by atoms with Gasteiger partial charge in [-0.3, -0.25) is 23.5 Å². The number of thiophene rings is 2. The first kappa shape index (κ1) is 20.3. The molecular formula is C21H24N6O2S2. The van der Waals surface area contributed by atoms with Crippen LogP contribution in [-0.4, -0.2) is 49.6 Å². The zero-order valence-electron chi connectivity index (χ0n) is 17.3. The maximum absolute atomic E-state index is 12.5. The summed E-state index contributed by atoms with van der Waals surface area (Å²) in [7, 11) is 1.73. The molecule has 8 nitrogen and oxygen atoms in total. The molecule has 0 bridgehead atoms. The number of piperidine rings is 1. The van der Waals surface area contributed by atoms with E-state index in [1.165, 1.54) is 16.2 Å². The van der Waals surface area contributed by atoms with Gasteiger partial charge in [-0.1, -0.05) is 6.07 Å². The number of hydrogen-bond donors (Lipinski definition) is 1. The first-order chi connectivity index (χ1) is 15.1. The van der Waals surface area contributed by atoms with Gasteiger partial charge in [0.05, 0.1) is 12.1 Å². The summed E-state index contributed by atoms with van der Waals surface area (Å²) >= 11 is 3.17. The van der Waals surface area contributed by atoms with Crippen molar-refractivity contribution in [3.05, 3.63) is 50.0 Å². The summed E-state index contributed by atoms with van der Waals surface area (Å²) in [5.74, 6) is 1.62. The van der Waals surface area contributed by atoms with Crippen molar-refractivity contribution in [2.75, 3.05) is 19.6 Å². The fourth-order valence-electron chi connectivity index (χ4n) is 4.22. The Balaban J connectivity index is 1.21. The predicted octanol–water partition coefficient (Wildman–Crippen LogP) is 2.28. The third-order valence-electron chi connectivity index (χ3n) is 5.97. The van der Waals surface area contributed by atoms with Crippen molar-refractivity contribution in [2.24, 2.45) is 13.0 Å². The fourth-order valence-corrected chi connectivity index (χ4v) is 5.78. The normalized spacial score (nSPS) is 15.8. The second-order valence-electron chi connectivity index (χ2n) is 7.92. The highest BCUT2D eigenvalue weighted by atomic mass is 32.1. The van der Waals surface area contributed by atoms with E-state index in [9.17, 15) is 9.59 Å². The van der Waals surface area contributed by atoms with Gasteiger partial charge in [0.2, 0.25) is 11.7 Å². The lowest BCUT2D eigenvalue weighted by atomic mass is 9.96. The Morgan fingerprint density at radius 2 is 2.03 bits per heavy atom. The first-order valence-corrected chi connectivity index (χ1v) is 12.2. The summed E-state index contributed by atoms with van der Waals surface area (Å²) in [6.45, 7) is 3.03. The summed E-state index contributed by atoms with van der Waals surface area (Å²) in [6.07, 6.45) is 2.57. The molecule has 0 atom stereocenters. The zero-order valence-corrected chi connectivity index (χ0v) is 18.9. The van der Waals surface area contributed by atoms with E-state index in [4.69, 9.17) is 0 Å². The minimum atomic E-state index is -0.0395. The van der Waals surface area contributed by atoms with Gasteiger partial charge >= 0.3 is 0 Å². The molecule has 0 aliphatic carbocycles. The van der Waals surface area contributed by atoms with E-state index < -0.39 is 0 Å². The summed E-state index contributed by atoms with van der Waals surface area (Å²) < 4.78 is 4.26. The molecule has 0 radical (unpaired) electrons. The Morgan fingerprint density at radius 3 is 2.81 bits per heavy atom. The molecule has 4 aromatic heterocycles. The number of amides is 1. The smallest absolute Gasteiger partial charge is 0.272 e. The number of aromatic nitrogens is 4. The molecule has 10 heteroatoms. The zero-order chi connectivity index (χ0) is 21.4. The van der Waals surface area contributed by atoms with Crippen LogP contribution in [0.3, 0.4) is 0 Å². The number of carbonyl (C=O) groups is 1. The third-order valence-corrected chi connectivity index (χ3v) is 7.80. The lowest BCUT2D eigenvalue weighted by molar-refractivity contribution is -0.126. The summed E-state index contributed by atoms with van der Waals surface area (Å²) in [4.78, 5) is 28.6. The van der Waals surface area contributed by atoms with Gasteiger partial charge in [0, 0.05) is 24.4 Å². The van der Waals surface area contributed by atoms with Gasteiger partial charge in [-0.05, 0) is 55.2 Å². The van der Waals surface area contributed by atoms with E-state index >= 15 is 0 Å². The highest BCUT2D eigenvalue weighted by Crippen LogP contribution is 2.22. The first-order valence-electron chi connectivity index (χ1n) is 10.4. The minimum Gasteiger partial charge on any atom is -0.355 e. The van der Waals surface area contributed by atoms with E-state index in [0.717, 1.165) is 43.7 Å². The van der Waals surface area contributed by atoms with Gasteiger partial charge in [0.15, 0.2) is 5.82 Å². The van der Waals surface area contributed by atoms with Crippen LogP contribution in [0.5, 0.6) is 0 Å². The number of hydrogen-bond acceptors (Lipinski definition) is 7. The number of rotatable bonds is 6. The number of carbonyl (C=O) groups excluding carboxylic acids is 1. The van der Waals surface area contributed by atoms with Gasteiger partial charge in [-0.15, -0.1) is 32.9 Å². The average molecular weight is 457 g/mol. The van der Waals surface area contributed by atoms with Crippen LogP contribution in [0, 0.1) is 5.92 Å². The molecular weight excluding hydrogens is 432 g/mol. The second kappa shape index (κ2) is 8.52. The lowest BCUT2D eigenvalue weighted by Crippen LogP contribution is -2.41. The van der Waals surface area contributed by atoms with Crippen molar-refractivity contribution in [3.8, 4) is 0 Å². The van der Waals surface area contributed by atoms with Crippen molar-refractivity contribution in [1.82, 2.24) is 29.4 Å². The number of fused-ring (bicyclic) bond motifs is 3. The average Bonchev–Trinajstić information content (AvgIpc) is 3.53. The van der Waals surface area contributed by atoms with Gasteiger partial charge in [0.25, 0.3) is 5.56 Å². The lowest BCUT2D eigenvalue weighted by Gasteiger charge is -2.30. The number of nitrogens with one attached hydrogen (secondary N) is 1. The summed E-state index contributed by atoms with van der Waals surface area (Å²) in [5, 5.41) is 15.7. The fraction of sp³-hybridized carbons (Fsp3) is 0.429. The maximum atomic E-state index is 12.5. The van der Waals surface area contributed by atoms with Crippen LogP contribution >= 0.6 is 22.7 Å². The van der Waals surface area contributed by atoms with Gasteiger partial charge < -0.3 is 5.32 Å². The van der Waals surface area contributed by atoms with Crippen LogP contribution < -0.4 is 10.9 Å². The van der Waals surface area contributed by atoms with Gasteiger partial charge in [0.1, 0.15) is 4.70 Å². The minimum absolute atomic E-state index is 0.0395. The van der Waals surface area contributed by atoms with Crippen molar-refractivity contribution in [3.63, 3.8) is 0 Å². The number of aryl methyl sites for hydroxylation is 1. The SMILES string of the molecule is Cn1c(=O)c2sccc2n2c(CN3CCC(C(=O)NCCc4cccs4)CC3)nnc12. The molecule has 31 heavy (non-hydrogen) atoms. The molecule has 4 aromatic rings. The Hall–Kier alpha value is -2.56. The molecule has 1 aliphatic rings. The third kappa shape index (κ3) is 3.90. The Labute approximate surface area is 187 Å². The van der Waals surface area contributed by atoms with Crippen LogP contribution in [0.4, 0.5) is 0 Å². The van der Waals surface area contributed by atoms with Gasteiger partial charge in [-0.25, -0.2) is 0 Å². The van der Waals surface area contributed by atoms with E-state index in [1.54, 1.807) is 23.0 Å². The Kier molecular flexibility index (Phi) is 5.59. The van der Waals surface area contributed by atoms with Crippen LogP contribution in [0.1, 0.15) is 23.5 Å². The summed E-state index contributed by atoms with van der Waals surface area (Å²) in [6, 6.07) is 6.10. The van der Waals surface area contributed by atoms with Crippen LogP contribution in [-0.2, 0) is 24.8 Å². The molecule has 0 aromatic carbocycles. The molecule has 1 aliphatic heterocycles. The standard InChI is InChI=1S/C21H24N6O2S2/c1-25-20(29)18-16(7-12-31-18)27-17(23-24-21(25)27)13-26-9-5-14(6-10-26)19(28)22-8-4-15-3-2-11-30-15/h2-3,7,11-12,14H,4-6,8-10,13H2,1H3,(H,22,28). The quantitative estimate of drug-likeness (QED) is 0.481. The molecule has 1 saturated heterocycles. The molecule has 0 spiro atoms. The molecule has 1 amide bonds. The molecule has 162 valence electrons. The molecule has 5 rings (SSSR count). The van der Waals surface area contributed by atoms with Crippen molar-refractivity contribution in [1.29, 1.82) is 0 Å². The van der Waals surface area contributed by atoms with Crippen molar-refractivity contribution in [2.45, 2.75) is 25.8 Å². The predicted molar refractivity (Wildman–Crippen MR) is 123 cm³/mol. The Morgan fingerprint density at radius 1 is 1.19 bits per heavy atom. The largest absolute Gasteiger partial charge is 0.355 e.